The van der Waals surface area contributed by atoms with Gasteiger partial charge in [0, 0.05) is 5.56 Å². The number of phenolic OH excluding ortho intramolecular Hbond substituents is 2. The molecule has 126 valence electrons. The molecule has 2 aromatic carbocycles. The number of carbonyl (C=O) groups excluding carboxylic acids is 1. The third-order valence-electron chi connectivity index (χ3n) is 2.95. The molecule has 0 unspecified atom stereocenters. The molecular weight excluding hydrogens is 444 g/mol. The highest BCUT2D eigenvalue weighted by Crippen LogP contribution is 2.40. The van der Waals surface area contributed by atoms with Crippen LogP contribution < -0.4 is 10.2 Å². The molecule has 0 atom stereocenters. The van der Waals surface area contributed by atoms with Crippen LogP contribution >= 0.6 is 31.9 Å². The van der Waals surface area contributed by atoms with Crippen molar-refractivity contribution < 1.29 is 19.7 Å². The number of rotatable bonds is 5. The molecule has 0 spiro atoms. The number of nitrogens with zero attached hydrogens (tertiary/aromatic N) is 1. The van der Waals surface area contributed by atoms with Gasteiger partial charge in [-0.1, -0.05) is 12.1 Å². The van der Waals surface area contributed by atoms with Gasteiger partial charge in [0.15, 0.2) is 6.61 Å². The lowest BCUT2D eigenvalue weighted by Gasteiger charge is -2.07. The summed E-state index contributed by atoms with van der Waals surface area (Å²) in [6.45, 7) is 1.74. The molecule has 6 nitrogen and oxygen atoms in total. The van der Waals surface area contributed by atoms with Crippen molar-refractivity contribution in [2.45, 2.75) is 6.92 Å². The number of ether oxygens (including phenoxy) is 1. The number of halogens is 2. The Bertz CT molecular complexity index is 794. The van der Waals surface area contributed by atoms with Gasteiger partial charge in [0.1, 0.15) is 21.7 Å². The van der Waals surface area contributed by atoms with Crippen LogP contribution in [-0.4, -0.2) is 28.9 Å². The first kappa shape index (κ1) is 18.3. The Kier molecular flexibility index (Phi) is 6.22. The highest BCUT2D eigenvalue weighted by Gasteiger charge is 2.12. The van der Waals surface area contributed by atoms with Gasteiger partial charge in [-0.3, -0.25) is 4.79 Å². The van der Waals surface area contributed by atoms with Gasteiger partial charge in [0.2, 0.25) is 0 Å². The Morgan fingerprint density at radius 3 is 2.75 bits per heavy atom. The zero-order valence-electron chi connectivity index (χ0n) is 12.6. The molecule has 0 aliphatic carbocycles. The van der Waals surface area contributed by atoms with Gasteiger partial charge in [-0.25, -0.2) is 5.43 Å². The van der Waals surface area contributed by atoms with Gasteiger partial charge in [0.05, 0.1) is 10.7 Å². The molecule has 24 heavy (non-hydrogen) atoms. The quantitative estimate of drug-likeness (QED) is 0.473. The van der Waals surface area contributed by atoms with Crippen molar-refractivity contribution in [1.29, 1.82) is 0 Å². The average Bonchev–Trinajstić information content (AvgIpc) is 2.55. The molecule has 2 aromatic rings. The third-order valence-corrected chi connectivity index (χ3v) is 4.31. The Hall–Kier alpha value is -2.06. The van der Waals surface area contributed by atoms with Crippen molar-refractivity contribution in [2.24, 2.45) is 5.10 Å². The van der Waals surface area contributed by atoms with E-state index in [1.54, 1.807) is 6.07 Å². The summed E-state index contributed by atoms with van der Waals surface area (Å²) in [6, 6.07) is 8.81. The summed E-state index contributed by atoms with van der Waals surface area (Å²) in [5, 5.41) is 23.3. The zero-order chi connectivity index (χ0) is 17.7. The van der Waals surface area contributed by atoms with E-state index in [-0.39, 0.29) is 22.6 Å². The zero-order valence-corrected chi connectivity index (χ0v) is 15.8. The number of phenols is 2. The van der Waals surface area contributed by atoms with E-state index in [0.29, 0.717) is 15.8 Å². The summed E-state index contributed by atoms with van der Waals surface area (Å²) in [6.07, 6.45) is 1.26. The van der Waals surface area contributed by atoms with Crippen molar-refractivity contribution in [2.75, 3.05) is 6.61 Å². The first-order valence-electron chi connectivity index (χ1n) is 6.79. The van der Waals surface area contributed by atoms with Crippen molar-refractivity contribution in [3.8, 4) is 17.2 Å². The predicted molar refractivity (Wildman–Crippen MR) is 97.6 cm³/mol. The number of hydrogen-bond acceptors (Lipinski definition) is 5. The molecule has 0 aliphatic heterocycles. The molecule has 0 aromatic heterocycles. The minimum absolute atomic E-state index is 0.125. The fraction of sp³-hybridized carbons (Fsp3) is 0.125. The molecule has 0 saturated carbocycles. The summed E-state index contributed by atoms with van der Waals surface area (Å²) in [5.74, 6) is -0.160. The van der Waals surface area contributed by atoms with Gasteiger partial charge in [-0.05, 0) is 62.5 Å². The summed E-state index contributed by atoms with van der Waals surface area (Å²) >= 11 is 6.21. The largest absolute Gasteiger partial charge is 0.506 e. The molecule has 0 fully saturated rings. The number of aryl methyl sites for hydroxylation is 1. The van der Waals surface area contributed by atoms with E-state index in [1.807, 2.05) is 25.1 Å². The van der Waals surface area contributed by atoms with E-state index in [1.165, 1.54) is 12.3 Å². The maximum atomic E-state index is 11.7. The molecule has 0 aliphatic rings. The summed E-state index contributed by atoms with van der Waals surface area (Å²) in [5.41, 5.74) is 3.64. The van der Waals surface area contributed by atoms with E-state index in [4.69, 9.17) is 4.74 Å². The van der Waals surface area contributed by atoms with Crippen molar-refractivity contribution >= 4 is 44.0 Å². The molecular formula is C16H14Br2N2O4. The number of aromatic hydroxyl groups is 2. The number of amides is 1. The van der Waals surface area contributed by atoms with Gasteiger partial charge >= 0.3 is 0 Å². The highest BCUT2D eigenvalue weighted by molar-refractivity contribution is 9.11. The minimum Gasteiger partial charge on any atom is -0.506 e. The van der Waals surface area contributed by atoms with Crippen LogP contribution in [0.15, 0.2) is 44.4 Å². The molecule has 1 amide bonds. The van der Waals surface area contributed by atoms with Crippen LogP contribution in [0.1, 0.15) is 11.1 Å². The topological polar surface area (TPSA) is 91.2 Å². The SMILES string of the molecule is Cc1cccc(OCC(=O)NN=Cc2cc(Br)c(O)c(Br)c2O)c1. The maximum absolute atomic E-state index is 11.7. The molecule has 8 heteroatoms. The molecule has 0 radical (unpaired) electrons. The van der Waals surface area contributed by atoms with Gasteiger partial charge < -0.3 is 14.9 Å². The Morgan fingerprint density at radius 2 is 2.04 bits per heavy atom. The Balaban J connectivity index is 1.93. The highest BCUT2D eigenvalue weighted by atomic mass is 79.9. The predicted octanol–water partition coefficient (Wildman–Crippen LogP) is 3.46. The second-order valence-electron chi connectivity index (χ2n) is 4.86. The van der Waals surface area contributed by atoms with Crippen molar-refractivity contribution in [3.63, 3.8) is 0 Å². The Morgan fingerprint density at radius 1 is 1.29 bits per heavy atom. The second kappa shape index (κ2) is 8.16. The maximum Gasteiger partial charge on any atom is 0.277 e. The van der Waals surface area contributed by atoms with Gasteiger partial charge in [-0.2, -0.15) is 5.10 Å². The number of hydrogen-bond donors (Lipinski definition) is 3. The van der Waals surface area contributed by atoms with Crippen LogP contribution in [0.4, 0.5) is 0 Å². The fourth-order valence-electron chi connectivity index (χ4n) is 1.78. The first-order chi connectivity index (χ1) is 11.4. The smallest absolute Gasteiger partial charge is 0.277 e. The number of carbonyl (C=O) groups is 1. The van der Waals surface area contributed by atoms with Gasteiger partial charge in [0.25, 0.3) is 5.91 Å². The van der Waals surface area contributed by atoms with Crippen LogP contribution in [0.2, 0.25) is 0 Å². The van der Waals surface area contributed by atoms with Gasteiger partial charge in [-0.15, -0.1) is 0 Å². The Labute approximate surface area is 155 Å². The first-order valence-corrected chi connectivity index (χ1v) is 8.38. The number of benzene rings is 2. The average molecular weight is 458 g/mol. The third kappa shape index (κ3) is 4.72. The van der Waals surface area contributed by atoms with Crippen LogP contribution in [0.3, 0.4) is 0 Å². The summed E-state index contributed by atoms with van der Waals surface area (Å²) in [7, 11) is 0. The molecule has 2 rings (SSSR count). The summed E-state index contributed by atoms with van der Waals surface area (Å²) < 4.78 is 5.86. The molecule has 0 heterocycles. The van der Waals surface area contributed by atoms with Crippen LogP contribution in [0.25, 0.3) is 0 Å². The standard InChI is InChI=1S/C16H14Br2N2O4/c1-9-3-2-4-11(5-9)24-8-13(21)20-19-7-10-6-12(17)16(23)14(18)15(10)22/h2-7,22-23H,8H2,1H3,(H,20,21). The van der Waals surface area contributed by atoms with E-state index in [0.717, 1.165) is 5.56 Å². The van der Waals surface area contributed by atoms with Crippen molar-refractivity contribution in [3.05, 3.63) is 50.4 Å². The molecule has 0 bridgehead atoms. The lowest BCUT2D eigenvalue weighted by Crippen LogP contribution is -2.24. The lowest BCUT2D eigenvalue weighted by atomic mass is 10.2. The monoisotopic (exact) mass is 456 g/mol. The fourth-order valence-corrected chi connectivity index (χ4v) is 2.93. The lowest BCUT2D eigenvalue weighted by molar-refractivity contribution is -0.123. The number of nitrogens with one attached hydrogen (secondary N) is 1. The molecule has 3 N–H and O–H groups in total. The van der Waals surface area contributed by atoms with E-state index in [9.17, 15) is 15.0 Å². The number of hydrazone groups is 1. The van der Waals surface area contributed by atoms with Crippen LogP contribution in [-0.2, 0) is 4.79 Å². The van der Waals surface area contributed by atoms with E-state index in [2.05, 4.69) is 42.4 Å². The van der Waals surface area contributed by atoms with E-state index < -0.39 is 5.91 Å². The minimum atomic E-state index is -0.441. The second-order valence-corrected chi connectivity index (χ2v) is 6.50. The van der Waals surface area contributed by atoms with E-state index >= 15 is 0 Å². The normalized spacial score (nSPS) is 10.8. The van der Waals surface area contributed by atoms with Crippen LogP contribution in [0.5, 0.6) is 17.2 Å². The van der Waals surface area contributed by atoms with Crippen molar-refractivity contribution in [1.82, 2.24) is 5.43 Å². The van der Waals surface area contributed by atoms with Crippen LogP contribution in [0, 0.1) is 6.92 Å². The molecule has 0 saturated heterocycles. The summed E-state index contributed by atoms with van der Waals surface area (Å²) in [4.78, 5) is 11.7.